The highest BCUT2D eigenvalue weighted by Crippen LogP contribution is 2.21. The van der Waals surface area contributed by atoms with Gasteiger partial charge < -0.3 is 15.0 Å². The van der Waals surface area contributed by atoms with Crippen LogP contribution >= 0.6 is 11.8 Å². The number of aromatic amines is 1. The van der Waals surface area contributed by atoms with Crippen molar-refractivity contribution in [2.45, 2.75) is 38.8 Å². The van der Waals surface area contributed by atoms with Crippen LogP contribution in [0.25, 0.3) is 0 Å². The summed E-state index contributed by atoms with van der Waals surface area (Å²) >= 11 is 0.985. The summed E-state index contributed by atoms with van der Waals surface area (Å²) in [7, 11) is 0. The molecule has 0 bridgehead atoms. The molecule has 146 valence electrons. The number of rotatable bonds is 6. The van der Waals surface area contributed by atoms with E-state index in [2.05, 4.69) is 10.3 Å². The molecule has 2 rings (SSSR count). The second kappa shape index (κ2) is 9.24. The Morgan fingerprint density at radius 3 is 2.61 bits per heavy atom. The summed E-state index contributed by atoms with van der Waals surface area (Å²) in [5.74, 6) is -1.21. The van der Waals surface area contributed by atoms with Crippen LogP contribution in [0.4, 0.5) is 5.69 Å². The summed E-state index contributed by atoms with van der Waals surface area (Å²) in [6.45, 7) is 6.97. The van der Waals surface area contributed by atoms with Crippen LogP contribution < -0.4 is 10.9 Å². The Hall–Kier alpha value is -3.05. The number of esters is 1. The molecular formula is C20H21N3O4S. The van der Waals surface area contributed by atoms with Crippen molar-refractivity contribution < 1.29 is 14.3 Å². The zero-order chi connectivity index (χ0) is 20.8. The fourth-order valence-electron chi connectivity index (χ4n) is 2.51. The van der Waals surface area contributed by atoms with E-state index < -0.39 is 18.0 Å². The molecule has 1 aromatic carbocycles. The van der Waals surface area contributed by atoms with Crippen LogP contribution in [0.15, 0.2) is 34.1 Å². The van der Waals surface area contributed by atoms with Gasteiger partial charge in [-0.3, -0.25) is 14.4 Å². The fourth-order valence-corrected chi connectivity index (χ4v) is 3.36. The first-order chi connectivity index (χ1) is 13.2. The molecule has 0 unspecified atom stereocenters. The molecule has 0 saturated heterocycles. The molecule has 1 amide bonds. The summed E-state index contributed by atoms with van der Waals surface area (Å²) in [5.41, 5.74) is 3.13. The zero-order valence-electron chi connectivity index (χ0n) is 16.1. The number of nitrogens with one attached hydrogen (secondary N) is 2. The van der Waals surface area contributed by atoms with Crippen LogP contribution in [0, 0.1) is 32.1 Å². The van der Waals surface area contributed by atoms with Crippen LogP contribution in [0.2, 0.25) is 0 Å². The van der Waals surface area contributed by atoms with E-state index in [4.69, 9.17) is 4.74 Å². The van der Waals surface area contributed by atoms with E-state index in [1.807, 2.05) is 32.0 Å². The lowest BCUT2D eigenvalue weighted by molar-refractivity contribution is -0.150. The average molecular weight is 399 g/mol. The Kier molecular flexibility index (Phi) is 7.01. The molecule has 28 heavy (non-hydrogen) atoms. The molecule has 1 atom stereocenters. The zero-order valence-corrected chi connectivity index (χ0v) is 16.9. The second-order valence-electron chi connectivity index (χ2n) is 6.36. The topological polar surface area (TPSA) is 112 Å². The number of nitrogens with zero attached hydrogens (tertiary/aromatic N) is 1. The molecule has 0 spiro atoms. The summed E-state index contributed by atoms with van der Waals surface area (Å²) in [6.07, 6.45) is -0.985. The smallest absolute Gasteiger partial charge is 0.317 e. The van der Waals surface area contributed by atoms with Gasteiger partial charge in [0.15, 0.2) is 6.10 Å². The van der Waals surface area contributed by atoms with Gasteiger partial charge in [-0.2, -0.15) is 5.26 Å². The standard InChI is InChI=1S/C20H21N3O4S/c1-11-5-6-16(13(3)7-11)22-19(26)14(4)27-18(25)10-28-20-15(9-21)12(2)8-17(24)23-20/h5-8,14H,10H2,1-4H3,(H,22,26)(H,23,24)/t14-/m1/s1. The van der Waals surface area contributed by atoms with Gasteiger partial charge in [-0.25, -0.2) is 0 Å². The van der Waals surface area contributed by atoms with Gasteiger partial charge in [0.2, 0.25) is 5.56 Å². The van der Waals surface area contributed by atoms with Crippen LogP contribution in [0.5, 0.6) is 0 Å². The highest BCUT2D eigenvalue weighted by molar-refractivity contribution is 7.99. The third-order valence-electron chi connectivity index (χ3n) is 3.97. The first-order valence-corrected chi connectivity index (χ1v) is 9.54. The molecular weight excluding hydrogens is 378 g/mol. The number of H-pyrrole nitrogens is 1. The lowest BCUT2D eigenvalue weighted by Gasteiger charge is -2.15. The Balaban J connectivity index is 1.95. The Labute approximate surface area is 167 Å². The monoisotopic (exact) mass is 399 g/mol. The summed E-state index contributed by atoms with van der Waals surface area (Å²) in [4.78, 5) is 38.4. The minimum Gasteiger partial charge on any atom is -0.452 e. The number of aryl methyl sites for hydroxylation is 3. The highest BCUT2D eigenvalue weighted by Gasteiger charge is 2.19. The summed E-state index contributed by atoms with van der Waals surface area (Å²) in [6, 6.07) is 8.94. The Morgan fingerprint density at radius 1 is 1.25 bits per heavy atom. The Morgan fingerprint density at radius 2 is 1.96 bits per heavy atom. The molecule has 1 aromatic heterocycles. The number of nitriles is 1. The molecule has 0 saturated carbocycles. The van der Waals surface area contributed by atoms with E-state index in [9.17, 15) is 19.6 Å². The van der Waals surface area contributed by atoms with Gasteiger partial charge in [0.1, 0.15) is 6.07 Å². The number of pyridine rings is 1. The molecule has 1 heterocycles. The van der Waals surface area contributed by atoms with Crippen molar-refractivity contribution >= 4 is 29.3 Å². The molecule has 0 aliphatic heterocycles. The third-order valence-corrected chi connectivity index (χ3v) is 4.94. The van der Waals surface area contributed by atoms with Crippen molar-refractivity contribution in [2.24, 2.45) is 0 Å². The molecule has 2 aromatic rings. The maximum absolute atomic E-state index is 12.3. The minimum atomic E-state index is -0.985. The van der Waals surface area contributed by atoms with Crippen molar-refractivity contribution in [3.05, 3.63) is 56.9 Å². The number of anilines is 1. The van der Waals surface area contributed by atoms with Crippen LogP contribution in [-0.4, -0.2) is 28.7 Å². The normalized spacial score (nSPS) is 11.4. The van der Waals surface area contributed by atoms with E-state index in [0.717, 1.165) is 22.9 Å². The van der Waals surface area contributed by atoms with Gasteiger partial charge >= 0.3 is 5.97 Å². The van der Waals surface area contributed by atoms with Gasteiger partial charge in [0, 0.05) is 11.8 Å². The van der Waals surface area contributed by atoms with Gasteiger partial charge in [-0.15, -0.1) is 0 Å². The number of amides is 1. The van der Waals surface area contributed by atoms with Crippen LogP contribution in [0.3, 0.4) is 0 Å². The Bertz CT molecular complexity index is 1010. The summed E-state index contributed by atoms with van der Waals surface area (Å²) < 4.78 is 5.16. The maximum Gasteiger partial charge on any atom is 0.317 e. The van der Waals surface area contributed by atoms with E-state index in [0.29, 0.717) is 21.8 Å². The molecule has 0 fully saturated rings. The third kappa shape index (κ3) is 5.47. The largest absolute Gasteiger partial charge is 0.452 e. The first kappa shape index (κ1) is 21.3. The molecule has 7 nitrogen and oxygen atoms in total. The first-order valence-electron chi connectivity index (χ1n) is 8.55. The predicted molar refractivity (Wildman–Crippen MR) is 107 cm³/mol. The molecule has 2 N–H and O–H groups in total. The minimum absolute atomic E-state index is 0.144. The molecule has 8 heteroatoms. The highest BCUT2D eigenvalue weighted by atomic mass is 32.2. The maximum atomic E-state index is 12.3. The van der Waals surface area contributed by atoms with Gasteiger partial charge in [-0.05, 0) is 44.9 Å². The van der Waals surface area contributed by atoms with E-state index in [-0.39, 0.29) is 11.3 Å². The van der Waals surface area contributed by atoms with Crippen LogP contribution in [0.1, 0.15) is 29.2 Å². The van der Waals surface area contributed by atoms with Crippen molar-refractivity contribution in [1.82, 2.24) is 4.98 Å². The number of carbonyl (C=O) groups is 2. The molecule has 0 aliphatic rings. The molecule has 0 radical (unpaired) electrons. The number of thioether (sulfide) groups is 1. The number of ether oxygens (including phenoxy) is 1. The number of carbonyl (C=O) groups excluding carboxylic acids is 2. The summed E-state index contributed by atoms with van der Waals surface area (Å²) in [5, 5.41) is 12.2. The van der Waals surface area contributed by atoms with Gasteiger partial charge in [-0.1, -0.05) is 29.5 Å². The van der Waals surface area contributed by atoms with Gasteiger partial charge in [0.05, 0.1) is 16.3 Å². The predicted octanol–water partition coefficient (Wildman–Crippen LogP) is 2.83. The van der Waals surface area contributed by atoms with Crippen LogP contribution in [-0.2, 0) is 14.3 Å². The quantitative estimate of drug-likeness (QED) is 0.571. The van der Waals surface area contributed by atoms with Crippen molar-refractivity contribution in [3.63, 3.8) is 0 Å². The van der Waals surface area contributed by atoms with E-state index >= 15 is 0 Å². The lowest BCUT2D eigenvalue weighted by atomic mass is 10.1. The fraction of sp³-hybridized carbons (Fsp3) is 0.300. The van der Waals surface area contributed by atoms with E-state index in [1.54, 1.807) is 13.0 Å². The number of aromatic nitrogens is 1. The SMILES string of the molecule is Cc1ccc(NC(=O)[C@@H](C)OC(=O)CSc2[nH]c(=O)cc(C)c2C#N)c(C)c1. The van der Waals surface area contributed by atoms with Crippen molar-refractivity contribution in [3.8, 4) is 6.07 Å². The van der Waals surface area contributed by atoms with Gasteiger partial charge in [0.25, 0.3) is 5.91 Å². The number of hydrogen-bond donors (Lipinski definition) is 2. The van der Waals surface area contributed by atoms with Crippen molar-refractivity contribution in [1.29, 1.82) is 5.26 Å². The second-order valence-corrected chi connectivity index (χ2v) is 7.35. The number of benzene rings is 1. The van der Waals surface area contributed by atoms with E-state index in [1.165, 1.54) is 13.0 Å². The number of hydrogen-bond acceptors (Lipinski definition) is 6. The van der Waals surface area contributed by atoms with Crippen molar-refractivity contribution in [2.75, 3.05) is 11.1 Å². The average Bonchev–Trinajstić information content (AvgIpc) is 2.61. The lowest BCUT2D eigenvalue weighted by Crippen LogP contribution is -2.30. The molecule has 0 aliphatic carbocycles.